The number of aliphatic hydroxyl groups is 1. The molecule has 8 heteroatoms. The zero-order valence-electron chi connectivity index (χ0n) is 7.80. The number of aliphatic carboxylic acids is 2. The highest BCUT2D eigenvalue weighted by Crippen LogP contribution is 2.16. The molecule has 0 aliphatic carbocycles. The van der Waals surface area contributed by atoms with Crippen molar-refractivity contribution in [3.05, 3.63) is 0 Å². The molecule has 1 atom stereocenters. The molecule has 7 nitrogen and oxygen atoms in total. The van der Waals surface area contributed by atoms with Gasteiger partial charge >= 0.3 is 17.9 Å². The first kappa shape index (κ1) is 16.1. The van der Waals surface area contributed by atoms with Gasteiger partial charge in [0.15, 0.2) is 5.60 Å². The topological polar surface area (TPSA) is 121 Å². The van der Waals surface area contributed by atoms with Crippen molar-refractivity contribution in [2.75, 3.05) is 7.11 Å². The van der Waals surface area contributed by atoms with Crippen molar-refractivity contribution < 1.29 is 34.4 Å². The maximum absolute atomic E-state index is 10.7. The molecule has 0 rings (SSSR count). The molecule has 0 amide bonds. The van der Waals surface area contributed by atoms with Crippen molar-refractivity contribution in [1.82, 2.24) is 0 Å². The van der Waals surface area contributed by atoms with E-state index in [1.54, 1.807) is 0 Å². The summed E-state index contributed by atoms with van der Waals surface area (Å²) >= 11 is 0. The van der Waals surface area contributed by atoms with Gasteiger partial charge in [-0.1, -0.05) is 0 Å². The highest BCUT2D eigenvalue weighted by Gasteiger charge is 2.41. The molecule has 0 bridgehead atoms. The van der Waals surface area contributed by atoms with Gasteiger partial charge in [0.05, 0.1) is 20.0 Å². The summed E-state index contributed by atoms with van der Waals surface area (Å²) in [6.07, 6.45) is -1.96. The number of hydrogen-bond donors (Lipinski definition) is 3. The Morgan fingerprint density at radius 3 is 1.93 bits per heavy atom. The Morgan fingerprint density at radius 2 is 1.67 bits per heavy atom. The predicted molar refractivity (Wildman–Crippen MR) is 48.7 cm³/mol. The molecule has 0 aromatic heterocycles. The first-order valence-electron chi connectivity index (χ1n) is 3.56. The standard InChI is InChI=1S/C7H10O7.ClH/c1-14-5(10)3-7(13,6(11)12)2-4(8)9;/h13H,2-3H2,1H3,(H,8,9)(H,11,12);1H. The van der Waals surface area contributed by atoms with Gasteiger partial charge in [-0.05, 0) is 0 Å². The van der Waals surface area contributed by atoms with Crippen molar-refractivity contribution in [1.29, 1.82) is 0 Å². The molecule has 1 unspecified atom stereocenters. The first-order chi connectivity index (χ1) is 6.31. The molecule has 0 radical (unpaired) electrons. The summed E-state index contributed by atoms with van der Waals surface area (Å²) in [7, 11) is 1.01. The van der Waals surface area contributed by atoms with Crippen LogP contribution in [0.3, 0.4) is 0 Å². The lowest BCUT2D eigenvalue weighted by Gasteiger charge is -2.19. The number of esters is 1. The summed E-state index contributed by atoms with van der Waals surface area (Å²) in [6.45, 7) is 0. The lowest BCUT2D eigenvalue weighted by molar-refractivity contribution is -0.171. The van der Waals surface area contributed by atoms with E-state index in [1.807, 2.05) is 0 Å². The SMILES string of the molecule is COC(=O)CC(O)(CC(=O)O)C(=O)O.Cl. The highest BCUT2D eigenvalue weighted by atomic mass is 35.5. The average molecular weight is 243 g/mol. The quantitative estimate of drug-likeness (QED) is 0.543. The highest BCUT2D eigenvalue weighted by molar-refractivity contribution is 5.88. The minimum Gasteiger partial charge on any atom is -0.481 e. The fourth-order valence-corrected chi connectivity index (χ4v) is 0.775. The molecule has 15 heavy (non-hydrogen) atoms. The van der Waals surface area contributed by atoms with Gasteiger partial charge in [-0.3, -0.25) is 9.59 Å². The molecule has 0 saturated heterocycles. The van der Waals surface area contributed by atoms with Crippen LogP contribution in [0.2, 0.25) is 0 Å². The maximum atomic E-state index is 10.7. The summed E-state index contributed by atoms with van der Waals surface area (Å²) in [5.41, 5.74) is -2.61. The van der Waals surface area contributed by atoms with E-state index < -0.39 is 36.4 Å². The van der Waals surface area contributed by atoms with Gasteiger partial charge in [0.2, 0.25) is 0 Å². The number of hydrogen-bond acceptors (Lipinski definition) is 5. The molecule has 0 aromatic carbocycles. The molecule has 0 aromatic rings. The van der Waals surface area contributed by atoms with Crippen LogP contribution >= 0.6 is 12.4 Å². The van der Waals surface area contributed by atoms with E-state index in [4.69, 9.17) is 10.2 Å². The lowest BCUT2D eigenvalue weighted by atomic mass is 9.96. The molecule has 0 fully saturated rings. The minimum absolute atomic E-state index is 0. The van der Waals surface area contributed by atoms with Crippen LogP contribution in [0.15, 0.2) is 0 Å². The van der Waals surface area contributed by atoms with Crippen LogP contribution in [0.5, 0.6) is 0 Å². The number of rotatable bonds is 5. The van der Waals surface area contributed by atoms with Gasteiger partial charge in [0.25, 0.3) is 0 Å². The molecule has 0 spiro atoms. The number of carbonyl (C=O) groups excluding carboxylic acids is 1. The van der Waals surface area contributed by atoms with Gasteiger partial charge in [0, 0.05) is 0 Å². The van der Waals surface area contributed by atoms with E-state index in [1.165, 1.54) is 0 Å². The van der Waals surface area contributed by atoms with Crippen LogP contribution in [-0.4, -0.2) is 45.9 Å². The van der Waals surface area contributed by atoms with Gasteiger partial charge in [-0.2, -0.15) is 0 Å². The number of carboxylic acid groups (broad SMARTS) is 2. The lowest BCUT2D eigenvalue weighted by Crippen LogP contribution is -2.42. The zero-order valence-corrected chi connectivity index (χ0v) is 8.61. The number of halogens is 1. The number of carbonyl (C=O) groups is 3. The van der Waals surface area contributed by atoms with Crippen molar-refractivity contribution in [2.45, 2.75) is 18.4 Å². The van der Waals surface area contributed by atoms with Gasteiger partial charge in [0.1, 0.15) is 0 Å². The van der Waals surface area contributed by atoms with Crippen molar-refractivity contribution in [3.8, 4) is 0 Å². The fourth-order valence-electron chi connectivity index (χ4n) is 0.775. The van der Waals surface area contributed by atoms with Crippen LogP contribution in [0.4, 0.5) is 0 Å². The second kappa shape index (κ2) is 6.20. The summed E-state index contributed by atoms with van der Waals surface area (Å²) in [6, 6.07) is 0. The molecule has 0 aliphatic heterocycles. The zero-order chi connectivity index (χ0) is 11.4. The first-order valence-corrected chi connectivity index (χ1v) is 3.56. The number of ether oxygens (including phenoxy) is 1. The summed E-state index contributed by atoms with van der Waals surface area (Å²) in [5, 5.41) is 26.1. The Bertz CT molecular complexity index is 264. The third-order valence-corrected chi connectivity index (χ3v) is 1.51. The summed E-state index contributed by atoms with van der Waals surface area (Å²) < 4.78 is 4.12. The van der Waals surface area contributed by atoms with E-state index in [-0.39, 0.29) is 12.4 Å². The smallest absolute Gasteiger partial charge is 0.336 e. The van der Waals surface area contributed by atoms with Crippen LogP contribution in [0, 0.1) is 0 Å². The van der Waals surface area contributed by atoms with Crippen molar-refractivity contribution >= 4 is 30.3 Å². The van der Waals surface area contributed by atoms with E-state index in [2.05, 4.69) is 4.74 Å². The molecule has 3 N–H and O–H groups in total. The number of methoxy groups -OCH3 is 1. The molecular formula is C7H11ClO7. The van der Waals surface area contributed by atoms with Crippen LogP contribution < -0.4 is 0 Å². The normalized spacial score (nSPS) is 13.2. The van der Waals surface area contributed by atoms with E-state index in [9.17, 15) is 19.5 Å². The Hall–Kier alpha value is -1.34. The molecule has 0 heterocycles. The largest absolute Gasteiger partial charge is 0.481 e. The minimum atomic E-state index is -2.61. The van der Waals surface area contributed by atoms with Gasteiger partial charge in [-0.25, -0.2) is 4.79 Å². The Labute approximate surface area is 91.1 Å². The Kier molecular flexibility index (Phi) is 6.66. The predicted octanol–water partition coefficient (Wildman–Crippen LogP) is -0.738. The average Bonchev–Trinajstić information content (AvgIpc) is 2.02. The van der Waals surface area contributed by atoms with Gasteiger partial charge < -0.3 is 20.1 Å². The van der Waals surface area contributed by atoms with Crippen LogP contribution in [0.25, 0.3) is 0 Å². The van der Waals surface area contributed by atoms with Crippen molar-refractivity contribution in [3.63, 3.8) is 0 Å². The molecular weight excluding hydrogens is 232 g/mol. The monoisotopic (exact) mass is 242 g/mol. The Morgan fingerprint density at radius 1 is 1.20 bits per heavy atom. The second-order valence-electron chi connectivity index (χ2n) is 2.66. The fraction of sp³-hybridized carbons (Fsp3) is 0.571. The molecule has 0 aliphatic rings. The van der Waals surface area contributed by atoms with E-state index in [0.717, 1.165) is 7.11 Å². The second-order valence-corrected chi connectivity index (χ2v) is 2.66. The van der Waals surface area contributed by atoms with Gasteiger partial charge in [-0.15, -0.1) is 12.4 Å². The molecule has 88 valence electrons. The van der Waals surface area contributed by atoms with Crippen molar-refractivity contribution in [2.24, 2.45) is 0 Å². The van der Waals surface area contributed by atoms with Crippen LogP contribution in [-0.2, 0) is 19.1 Å². The summed E-state index contributed by atoms with van der Waals surface area (Å²) in [4.78, 5) is 31.4. The van der Waals surface area contributed by atoms with Crippen LogP contribution in [0.1, 0.15) is 12.8 Å². The third kappa shape index (κ3) is 5.18. The van der Waals surface area contributed by atoms with E-state index >= 15 is 0 Å². The van der Waals surface area contributed by atoms with E-state index in [0.29, 0.717) is 0 Å². The Balaban J connectivity index is 0. The maximum Gasteiger partial charge on any atom is 0.336 e. The molecule has 0 saturated carbocycles. The third-order valence-electron chi connectivity index (χ3n) is 1.51. The number of carboxylic acids is 2. The summed E-state index contributed by atoms with van der Waals surface area (Å²) in [5.74, 6) is -4.28.